The third-order valence-corrected chi connectivity index (χ3v) is 4.76. The fourth-order valence-electron chi connectivity index (χ4n) is 2.60. The van der Waals surface area contributed by atoms with Gasteiger partial charge in [0.2, 0.25) is 11.1 Å². The predicted molar refractivity (Wildman–Crippen MR) is 105 cm³/mol. The molecule has 0 unspecified atom stereocenters. The summed E-state index contributed by atoms with van der Waals surface area (Å²) in [6, 6.07) is 15.3. The second-order valence-corrected chi connectivity index (χ2v) is 6.56. The SMILES string of the molecule is CCOc1ccccc1-n1nnnc1SCC(=O)Nc1ccccc1CC. The van der Waals surface area contributed by atoms with E-state index in [4.69, 9.17) is 4.74 Å². The maximum atomic E-state index is 12.4. The van der Waals surface area contributed by atoms with Crippen molar-refractivity contribution in [1.82, 2.24) is 20.2 Å². The first-order valence-electron chi connectivity index (χ1n) is 8.74. The number of para-hydroxylation sites is 3. The smallest absolute Gasteiger partial charge is 0.234 e. The summed E-state index contributed by atoms with van der Waals surface area (Å²) in [5, 5.41) is 15.3. The highest BCUT2D eigenvalue weighted by Gasteiger charge is 2.15. The Morgan fingerprint density at radius 2 is 1.93 bits per heavy atom. The highest BCUT2D eigenvalue weighted by Crippen LogP contribution is 2.26. The maximum absolute atomic E-state index is 12.4. The first kappa shape index (κ1) is 18.9. The van der Waals surface area contributed by atoms with Crippen LogP contribution >= 0.6 is 11.8 Å². The van der Waals surface area contributed by atoms with Crippen molar-refractivity contribution < 1.29 is 9.53 Å². The molecule has 0 aliphatic heterocycles. The molecule has 0 atom stereocenters. The summed E-state index contributed by atoms with van der Waals surface area (Å²) in [6.07, 6.45) is 0.857. The lowest BCUT2D eigenvalue weighted by Gasteiger charge is -2.11. The Balaban J connectivity index is 1.70. The second kappa shape index (κ2) is 9.18. The monoisotopic (exact) mass is 383 g/mol. The Morgan fingerprint density at radius 3 is 2.74 bits per heavy atom. The summed E-state index contributed by atoms with van der Waals surface area (Å²) in [6.45, 7) is 4.52. The quantitative estimate of drug-likeness (QED) is 0.601. The Bertz CT molecular complexity index is 912. The van der Waals surface area contributed by atoms with Crippen LogP contribution in [0.15, 0.2) is 53.7 Å². The van der Waals surface area contributed by atoms with Gasteiger partial charge in [0.1, 0.15) is 11.4 Å². The summed E-state index contributed by atoms with van der Waals surface area (Å²) >= 11 is 1.28. The lowest BCUT2D eigenvalue weighted by atomic mass is 10.1. The van der Waals surface area contributed by atoms with Crippen LogP contribution in [0.1, 0.15) is 19.4 Å². The molecule has 0 spiro atoms. The molecule has 3 rings (SSSR count). The minimum absolute atomic E-state index is 0.103. The molecule has 0 bridgehead atoms. The van der Waals surface area contributed by atoms with E-state index in [9.17, 15) is 4.79 Å². The Kier molecular flexibility index (Phi) is 6.43. The number of ether oxygens (including phenoxy) is 1. The first-order valence-corrected chi connectivity index (χ1v) is 9.72. The second-order valence-electron chi connectivity index (χ2n) is 5.62. The molecule has 1 aromatic heterocycles. The molecule has 1 N–H and O–H groups in total. The minimum Gasteiger partial charge on any atom is -0.492 e. The molecule has 0 saturated carbocycles. The molecule has 2 aromatic carbocycles. The Labute approximate surface area is 162 Å². The standard InChI is InChI=1S/C19H21N5O2S/c1-3-14-9-5-6-10-15(14)20-18(25)13-27-19-21-22-23-24(19)16-11-7-8-12-17(16)26-4-2/h5-12H,3-4,13H2,1-2H3,(H,20,25). The molecule has 0 radical (unpaired) electrons. The third-order valence-electron chi connectivity index (χ3n) is 3.84. The van der Waals surface area contributed by atoms with E-state index >= 15 is 0 Å². The third kappa shape index (κ3) is 4.65. The van der Waals surface area contributed by atoms with Crippen LogP contribution in [0.5, 0.6) is 5.75 Å². The lowest BCUT2D eigenvalue weighted by Crippen LogP contribution is -2.15. The van der Waals surface area contributed by atoms with E-state index in [1.807, 2.05) is 55.5 Å². The molecule has 8 heteroatoms. The molecule has 27 heavy (non-hydrogen) atoms. The first-order chi connectivity index (χ1) is 13.2. The van der Waals surface area contributed by atoms with Gasteiger partial charge in [-0.15, -0.1) is 5.10 Å². The Morgan fingerprint density at radius 1 is 1.15 bits per heavy atom. The van der Waals surface area contributed by atoms with Crippen LogP contribution in [-0.4, -0.2) is 38.5 Å². The molecule has 1 amide bonds. The minimum atomic E-state index is -0.103. The lowest BCUT2D eigenvalue weighted by molar-refractivity contribution is -0.113. The van der Waals surface area contributed by atoms with Crippen LogP contribution in [0.3, 0.4) is 0 Å². The van der Waals surface area contributed by atoms with Crippen LogP contribution in [0.2, 0.25) is 0 Å². The van der Waals surface area contributed by atoms with E-state index in [0.717, 1.165) is 23.4 Å². The number of anilines is 1. The summed E-state index contributed by atoms with van der Waals surface area (Å²) in [5.74, 6) is 0.791. The average molecular weight is 383 g/mol. The zero-order valence-electron chi connectivity index (χ0n) is 15.3. The molecule has 0 aliphatic carbocycles. The number of thioether (sulfide) groups is 1. The van der Waals surface area contributed by atoms with E-state index in [2.05, 4.69) is 27.8 Å². The van der Waals surface area contributed by atoms with Gasteiger partial charge < -0.3 is 10.1 Å². The van der Waals surface area contributed by atoms with Crippen molar-refractivity contribution >= 4 is 23.4 Å². The van der Waals surface area contributed by atoms with Gasteiger partial charge in [0.15, 0.2) is 0 Å². The average Bonchev–Trinajstić information content (AvgIpc) is 3.16. The molecule has 140 valence electrons. The zero-order valence-corrected chi connectivity index (χ0v) is 16.1. The maximum Gasteiger partial charge on any atom is 0.234 e. The number of nitrogens with zero attached hydrogens (tertiary/aromatic N) is 4. The number of nitrogens with one attached hydrogen (secondary N) is 1. The fraction of sp³-hybridized carbons (Fsp3) is 0.263. The van der Waals surface area contributed by atoms with Gasteiger partial charge in [-0.2, -0.15) is 4.68 Å². The van der Waals surface area contributed by atoms with Gasteiger partial charge in [-0.3, -0.25) is 4.79 Å². The molecule has 1 heterocycles. The van der Waals surface area contributed by atoms with Crippen LogP contribution in [0.4, 0.5) is 5.69 Å². The van der Waals surface area contributed by atoms with Crippen molar-refractivity contribution in [2.24, 2.45) is 0 Å². The number of amides is 1. The van der Waals surface area contributed by atoms with E-state index in [0.29, 0.717) is 17.5 Å². The molecule has 3 aromatic rings. The zero-order chi connectivity index (χ0) is 19.1. The number of aryl methyl sites for hydroxylation is 1. The van der Waals surface area contributed by atoms with Gasteiger partial charge in [-0.05, 0) is 47.5 Å². The van der Waals surface area contributed by atoms with Crippen molar-refractivity contribution in [1.29, 1.82) is 0 Å². The summed E-state index contributed by atoms with van der Waals surface area (Å²) in [4.78, 5) is 12.4. The highest BCUT2D eigenvalue weighted by atomic mass is 32.2. The van der Waals surface area contributed by atoms with Gasteiger partial charge >= 0.3 is 0 Å². The van der Waals surface area contributed by atoms with Gasteiger partial charge in [0, 0.05) is 5.69 Å². The van der Waals surface area contributed by atoms with Crippen LogP contribution in [-0.2, 0) is 11.2 Å². The number of benzene rings is 2. The number of rotatable bonds is 8. The van der Waals surface area contributed by atoms with E-state index in [1.165, 1.54) is 11.8 Å². The normalized spacial score (nSPS) is 10.6. The number of hydrogen-bond acceptors (Lipinski definition) is 6. The van der Waals surface area contributed by atoms with Crippen LogP contribution in [0, 0.1) is 0 Å². The van der Waals surface area contributed by atoms with Crippen molar-refractivity contribution in [3.8, 4) is 11.4 Å². The molecule has 0 aliphatic rings. The largest absolute Gasteiger partial charge is 0.492 e. The predicted octanol–water partition coefficient (Wildman–Crippen LogP) is 3.35. The van der Waals surface area contributed by atoms with Crippen molar-refractivity contribution in [3.63, 3.8) is 0 Å². The van der Waals surface area contributed by atoms with Crippen LogP contribution < -0.4 is 10.1 Å². The van der Waals surface area contributed by atoms with E-state index < -0.39 is 0 Å². The number of hydrogen-bond donors (Lipinski definition) is 1. The molecule has 0 fully saturated rings. The highest BCUT2D eigenvalue weighted by molar-refractivity contribution is 7.99. The van der Waals surface area contributed by atoms with Crippen molar-refractivity contribution in [2.45, 2.75) is 25.4 Å². The van der Waals surface area contributed by atoms with Gasteiger partial charge in [0.25, 0.3) is 0 Å². The fourth-order valence-corrected chi connectivity index (χ4v) is 3.28. The number of tetrazole rings is 1. The molecule has 7 nitrogen and oxygen atoms in total. The Hall–Kier alpha value is -2.87. The van der Waals surface area contributed by atoms with Gasteiger partial charge in [-0.1, -0.05) is 49.0 Å². The number of aromatic nitrogens is 4. The summed E-state index contributed by atoms with van der Waals surface area (Å²) in [5.41, 5.74) is 2.68. The molecule has 0 saturated heterocycles. The number of carbonyl (C=O) groups excluding carboxylic acids is 1. The van der Waals surface area contributed by atoms with Crippen LogP contribution in [0.25, 0.3) is 5.69 Å². The summed E-state index contributed by atoms with van der Waals surface area (Å²) < 4.78 is 7.23. The van der Waals surface area contributed by atoms with E-state index in [1.54, 1.807) is 4.68 Å². The number of carbonyl (C=O) groups is 1. The topological polar surface area (TPSA) is 81.9 Å². The van der Waals surface area contributed by atoms with Crippen molar-refractivity contribution in [2.75, 3.05) is 17.7 Å². The van der Waals surface area contributed by atoms with E-state index in [-0.39, 0.29) is 11.7 Å². The van der Waals surface area contributed by atoms with Gasteiger partial charge in [0.05, 0.1) is 12.4 Å². The van der Waals surface area contributed by atoms with Gasteiger partial charge in [-0.25, -0.2) is 0 Å². The molecular weight excluding hydrogens is 362 g/mol. The van der Waals surface area contributed by atoms with Crippen molar-refractivity contribution in [3.05, 3.63) is 54.1 Å². The molecular formula is C19H21N5O2S. The summed E-state index contributed by atoms with van der Waals surface area (Å²) in [7, 11) is 0.